The molecule has 1 atom stereocenters. The van der Waals surface area contributed by atoms with Gasteiger partial charge in [-0.05, 0) is 43.2 Å². The third-order valence-corrected chi connectivity index (χ3v) is 4.92. The first-order valence-electron chi connectivity index (χ1n) is 9.13. The normalized spacial score (nSPS) is 16.7. The van der Waals surface area contributed by atoms with E-state index in [9.17, 15) is 9.59 Å². The molecule has 132 valence electrons. The molecule has 1 aliphatic carbocycles. The van der Waals surface area contributed by atoms with Gasteiger partial charge in [0.15, 0.2) is 0 Å². The van der Waals surface area contributed by atoms with Gasteiger partial charge in [0, 0.05) is 12.1 Å². The van der Waals surface area contributed by atoms with E-state index in [2.05, 4.69) is 10.6 Å². The molecule has 1 aromatic rings. The molecule has 4 heteroatoms. The fourth-order valence-electron chi connectivity index (χ4n) is 3.33. The highest BCUT2D eigenvalue weighted by Crippen LogP contribution is 2.22. The van der Waals surface area contributed by atoms with E-state index < -0.39 is 6.04 Å². The number of amides is 2. The number of carbonyl (C=O) groups is 2. The molecule has 4 nitrogen and oxygen atoms in total. The smallest absolute Gasteiger partial charge is 0.252 e. The molecule has 0 spiro atoms. The molecule has 1 fully saturated rings. The molecule has 0 saturated heterocycles. The van der Waals surface area contributed by atoms with Gasteiger partial charge in [0.25, 0.3) is 5.91 Å². The molecule has 0 bridgehead atoms. The van der Waals surface area contributed by atoms with Crippen LogP contribution in [0.3, 0.4) is 0 Å². The topological polar surface area (TPSA) is 58.2 Å². The summed E-state index contributed by atoms with van der Waals surface area (Å²) >= 11 is 0. The molecule has 1 unspecified atom stereocenters. The van der Waals surface area contributed by atoms with Crippen molar-refractivity contribution in [3.8, 4) is 0 Å². The highest BCUT2D eigenvalue weighted by Gasteiger charge is 2.25. The number of hydrogen-bond donors (Lipinski definition) is 2. The molecule has 0 radical (unpaired) electrons. The maximum atomic E-state index is 12.6. The molecule has 0 aromatic heterocycles. The van der Waals surface area contributed by atoms with Gasteiger partial charge in [0.2, 0.25) is 5.91 Å². The average molecular weight is 330 g/mol. The molecular weight excluding hydrogens is 300 g/mol. The van der Waals surface area contributed by atoms with Gasteiger partial charge < -0.3 is 10.6 Å². The maximum Gasteiger partial charge on any atom is 0.252 e. The van der Waals surface area contributed by atoms with Gasteiger partial charge in [-0.2, -0.15) is 0 Å². The van der Waals surface area contributed by atoms with Crippen LogP contribution in [0.15, 0.2) is 24.3 Å². The largest absolute Gasteiger partial charge is 0.354 e. The molecule has 1 aliphatic rings. The summed E-state index contributed by atoms with van der Waals surface area (Å²) in [7, 11) is 0. The second kappa shape index (κ2) is 8.86. The quantitative estimate of drug-likeness (QED) is 0.839. The summed E-state index contributed by atoms with van der Waals surface area (Å²) in [6, 6.07) is 6.95. The Morgan fingerprint density at radius 2 is 1.79 bits per heavy atom. The highest BCUT2D eigenvalue weighted by molar-refractivity contribution is 5.98. The van der Waals surface area contributed by atoms with Crippen molar-refractivity contribution < 1.29 is 9.59 Å². The highest BCUT2D eigenvalue weighted by atomic mass is 16.2. The van der Waals surface area contributed by atoms with E-state index in [1.807, 2.05) is 39.0 Å². The zero-order valence-electron chi connectivity index (χ0n) is 15.1. The van der Waals surface area contributed by atoms with Crippen molar-refractivity contribution in [2.45, 2.75) is 58.9 Å². The summed E-state index contributed by atoms with van der Waals surface area (Å²) in [5, 5.41) is 5.96. The Labute approximate surface area is 145 Å². The lowest BCUT2D eigenvalue weighted by Crippen LogP contribution is -2.50. The first-order chi connectivity index (χ1) is 11.5. The number of aryl methyl sites for hydroxylation is 1. The van der Waals surface area contributed by atoms with Crippen LogP contribution in [0.1, 0.15) is 61.9 Å². The van der Waals surface area contributed by atoms with Crippen molar-refractivity contribution in [2.75, 3.05) is 6.54 Å². The van der Waals surface area contributed by atoms with Crippen LogP contribution in [0, 0.1) is 18.8 Å². The van der Waals surface area contributed by atoms with Crippen LogP contribution in [0.25, 0.3) is 0 Å². The van der Waals surface area contributed by atoms with Crippen molar-refractivity contribution in [1.29, 1.82) is 0 Å². The number of benzene rings is 1. The van der Waals surface area contributed by atoms with E-state index in [1.165, 1.54) is 32.1 Å². The van der Waals surface area contributed by atoms with E-state index in [0.717, 1.165) is 12.1 Å². The van der Waals surface area contributed by atoms with Crippen LogP contribution >= 0.6 is 0 Å². The van der Waals surface area contributed by atoms with Crippen molar-refractivity contribution in [1.82, 2.24) is 10.6 Å². The summed E-state index contributed by atoms with van der Waals surface area (Å²) in [5.74, 6) is 0.379. The van der Waals surface area contributed by atoms with E-state index >= 15 is 0 Å². The van der Waals surface area contributed by atoms with Crippen LogP contribution in [0.5, 0.6) is 0 Å². The molecule has 2 N–H and O–H groups in total. The van der Waals surface area contributed by atoms with Crippen LogP contribution in [-0.2, 0) is 4.79 Å². The molecular formula is C20H30N2O2. The third kappa shape index (κ3) is 5.08. The SMILES string of the molecule is Cc1ccccc1C(=O)NC(C(=O)NCC1CCCCC1)C(C)C. The van der Waals surface area contributed by atoms with Crippen LogP contribution in [0.4, 0.5) is 0 Å². The molecule has 0 aliphatic heterocycles. The predicted octanol–water partition coefficient (Wildman–Crippen LogP) is 3.45. The second-order valence-corrected chi connectivity index (χ2v) is 7.26. The van der Waals surface area contributed by atoms with Crippen molar-refractivity contribution in [3.63, 3.8) is 0 Å². The van der Waals surface area contributed by atoms with Crippen molar-refractivity contribution >= 4 is 11.8 Å². The minimum absolute atomic E-state index is 0.0457. The number of nitrogens with one attached hydrogen (secondary N) is 2. The van der Waals surface area contributed by atoms with Crippen LogP contribution < -0.4 is 10.6 Å². The van der Waals surface area contributed by atoms with Gasteiger partial charge >= 0.3 is 0 Å². The van der Waals surface area contributed by atoms with E-state index in [-0.39, 0.29) is 17.7 Å². The summed E-state index contributed by atoms with van der Waals surface area (Å²) in [4.78, 5) is 25.1. The second-order valence-electron chi connectivity index (χ2n) is 7.26. The average Bonchev–Trinajstić information content (AvgIpc) is 2.58. The Morgan fingerprint density at radius 3 is 2.42 bits per heavy atom. The summed E-state index contributed by atoms with van der Waals surface area (Å²) in [6.45, 7) is 6.55. The lowest BCUT2D eigenvalue weighted by Gasteiger charge is -2.25. The lowest BCUT2D eigenvalue weighted by atomic mass is 9.89. The van der Waals surface area contributed by atoms with E-state index in [0.29, 0.717) is 11.5 Å². The van der Waals surface area contributed by atoms with Gasteiger partial charge in [0.1, 0.15) is 6.04 Å². The Kier molecular flexibility index (Phi) is 6.83. The Morgan fingerprint density at radius 1 is 1.12 bits per heavy atom. The number of rotatable bonds is 6. The summed E-state index contributed by atoms with van der Waals surface area (Å²) < 4.78 is 0. The summed E-state index contributed by atoms with van der Waals surface area (Å²) in [6.07, 6.45) is 6.23. The predicted molar refractivity (Wildman–Crippen MR) is 96.9 cm³/mol. The zero-order valence-corrected chi connectivity index (χ0v) is 15.1. The summed E-state index contributed by atoms with van der Waals surface area (Å²) in [5.41, 5.74) is 1.54. The minimum atomic E-state index is -0.499. The standard InChI is InChI=1S/C20H30N2O2/c1-14(2)18(20(24)21-13-16-10-5-4-6-11-16)22-19(23)17-12-8-7-9-15(17)3/h7-9,12,14,16,18H,4-6,10-11,13H2,1-3H3,(H,21,24)(H,22,23). The van der Waals surface area contributed by atoms with Gasteiger partial charge in [-0.3, -0.25) is 9.59 Å². The fourth-order valence-corrected chi connectivity index (χ4v) is 3.33. The first kappa shape index (κ1) is 18.5. The van der Waals surface area contributed by atoms with Crippen molar-refractivity contribution in [2.24, 2.45) is 11.8 Å². The van der Waals surface area contributed by atoms with Crippen LogP contribution in [0.2, 0.25) is 0 Å². The van der Waals surface area contributed by atoms with Gasteiger partial charge in [0.05, 0.1) is 0 Å². The minimum Gasteiger partial charge on any atom is -0.354 e. The van der Waals surface area contributed by atoms with Crippen LogP contribution in [-0.4, -0.2) is 24.4 Å². The Hall–Kier alpha value is -1.84. The molecule has 24 heavy (non-hydrogen) atoms. The molecule has 0 heterocycles. The maximum absolute atomic E-state index is 12.6. The number of hydrogen-bond acceptors (Lipinski definition) is 2. The molecule has 2 amide bonds. The van der Waals surface area contributed by atoms with E-state index in [4.69, 9.17) is 0 Å². The van der Waals surface area contributed by atoms with Gasteiger partial charge in [-0.15, -0.1) is 0 Å². The number of carbonyl (C=O) groups excluding carboxylic acids is 2. The van der Waals surface area contributed by atoms with Gasteiger partial charge in [-0.1, -0.05) is 51.3 Å². The Balaban J connectivity index is 1.94. The molecule has 1 saturated carbocycles. The first-order valence-corrected chi connectivity index (χ1v) is 9.13. The zero-order chi connectivity index (χ0) is 17.5. The van der Waals surface area contributed by atoms with E-state index in [1.54, 1.807) is 6.07 Å². The monoisotopic (exact) mass is 330 g/mol. The van der Waals surface area contributed by atoms with Crippen molar-refractivity contribution in [3.05, 3.63) is 35.4 Å². The fraction of sp³-hybridized carbons (Fsp3) is 0.600. The third-order valence-electron chi connectivity index (χ3n) is 4.92. The lowest BCUT2D eigenvalue weighted by molar-refractivity contribution is -0.124. The molecule has 2 rings (SSSR count). The molecule has 1 aromatic carbocycles. The van der Waals surface area contributed by atoms with Gasteiger partial charge in [-0.25, -0.2) is 0 Å². The Bertz CT molecular complexity index is 563.